The minimum absolute atomic E-state index is 0.206. The minimum Gasteiger partial charge on any atom is -0.463 e. The third-order valence-electron chi connectivity index (χ3n) is 5.92. The Morgan fingerprint density at radius 3 is 2.68 bits per heavy atom. The van der Waals surface area contributed by atoms with Gasteiger partial charge in [-0.15, -0.1) is 0 Å². The van der Waals surface area contributed by atoms with Crippen molar-refractivity contribution < 1.29 is 9.53 Å². The van der Waals surface area contributed by atoms with Gasteiger partial charge in [-0.05, 0) is 50.6 Å². The fourth-order valence-electron chi connectivity index (χ4n) is 4.37. The van der Waals surface area contributed by atoms with Crippen molar-refractivity contribution in [2.24, 2.45) is 4.99 Å². The SMILES string of the molecule is CCOC(=O)C1=C(C)N=c2s/c(=C/c3c(C)[nH]c4ccccc34)c(=O)n2C1c1ccc(Cl)cc1. The van der Waals surface area contributed by atoms with Gasteiger partial charge in [-0.3, -0.25) is 9.36 Å². The third kappa shape index (κ3) is 3.71. The molecule has 0 fully saturated rings. The van der Waals surface area contributed by atoms with E-state index in [1.54, 1.807) is 30.5 Å². The number of aromatic nitrogens is 2. The van der Waals surface area contributed by atoms with Gasteiger partial charge in [-0.25, -0.2) is 9.79 Å². The van der Waals surface area contributed by atoms with Crippen LogP contribution in [0.3, 0.4) is 0 Å². The average molecular weight is 492 g/mol. The first-order valence-electron chi connectivity index (χ1n) is 10.9. The second-order valence-corrected chi connectivity index (χ2v) is 9.51. The number of esters is 1. The molecule has 1 N–H and O–H groups in total. The number of nitrogens with zero attached hydrogens (tertiary/aromatic N) is 2. The fraction of sp³-hybridized carbons (Fsp3) is 0.192. The van der Waals surface area contributed by atoms with Gasteiger partial charge in [0.25, 0.3) is 5.56 Å². The summed E-state index contributed by atoms with van der Waals surface area (Å²) >= 11 is 7.42. The molecule has 0 bridgehead atoms. The number of benzene rings is 2. The van der Waals surface area contributed by atoms with Crippen LogP contribution in [0.2, 0.25) is 5.02 Å². The zero-order valence-corrected chi connectivity index (χ0v) is 20.5. The van der Waals surface area contributed by atoms with Crippen LogP contribution in [0.4, 0.5) is 0 Å². The smallest absolute Gasteiger partial charge is 0.338 e. The van der Waals surface area contributed by atoms with Crippen LogP contribution in [0.5, 0.6) is 0 Å². The largest absolute Gasteiger partial charge is 0.463 e. The number of rotatable bonds is 4. The fourth-order valence-corrected chi connectivity index (χ4v) is 5.52. The summed E-state index contributed by atoms with van der Waals surface area (Å²) in [5, 5.41) is 1.62. The lowest BCUT2D eigenvalue weighted by atomic mass is 9.96. The van der Waals surface area contributed by atoms with Crippen molar-refractivity contribution in [3.63, 3.8) is 0 Å². The molecule has 4 aromatic rings. The maximum absolute atomic E-state index is 13.7. The highest BCUT2D eigenvalue weighted by molar-refractivity contribution is 7.07. The summed E-state index contributed by atoms with van der Waals surface area (Å²) in [7, 11) is 0. The molecule has 3 heterocycles. The van der Waals surface area contributed by atoms with Crippen LogP contribution >= 0.6 is 22.9 Å². The number of carbonyl (C=O) groups excluding carboxylic acids is 1. The Labute approximate surface area is 204 Å². The Bertz CT molecular complexity index is 1640. The van der Waals surface area contributed by atoms with Gasteiger partial charge in [-0.1, -0.05) is 53.3 Å². The summed E-state index contributed by atoms with van der Waals surface area (Å²) in [5.41, 5.74) is 4.40. The van der Waals surface area contributed by atoms with Crippen molar-refractivity contribution in [2.45, 2.75) is 26.8 Å². The molecule has 8 heteroatoms. The minimum atomic E-state index is -0.654. The molecule has 1 atom stereocenters. The van der Waals surface area contributed by atoms with Crippen molar-refractivity contribution in [3.05, 3.63) is 101 Å². The van der Waals surface area contributed by atoms with Crippen LogP contribution in [0.15, 0.2) is 69.6 Å². The zero-order valence-electron chi connectivity index (χ0n) is 18.9. The molecule has 0 saturated carbocycles. The molecule has 0 spiro atoms. The van der Waals surface area contributed by atoms with E-state index in [-0.39, 0.29) is 12.2 Å². The molecule has 5 rings (SSSR count). The van der Waals surface area contributed by atoms with E-state index in [1.807, 2.05) is 49.4 Å². The Balaban J connectivity index is 1.76. The van der Waals surface area contributed by atoms with Crippen LogP contribution in [-0.4, -0.2) is 22.1 Å². The summed E-state index contributed by atoms with van der Waals surface area (Å²) in [4.78, 5) is 35.2. The van der Waals surface area contributed by atoms with Crippen molar-refractivity contribution >= 4 is 45.9 Å². The van der Waals surface area contributed by atoms with Crippen LogP contribution in [-0.2, 0) is 9.53 Å². The van der Waals surface area contributed by atoms with E-state index in [0.29, 0.717) is 25.6 Å². The average Bonchev–Trinajstić information content (AvgIpc) is 3.29. The van der Waals surface area contributed by atoms with E-state index >= 15 is 0 Å². The number of allylic oxidation sites excluding steroid dienone is 1. The van der Waals surface area contributed by atoms with Gasteiger partial charge in [0.05, 0.1) is 28.5 Å². The molecule has 0 saturated heterocycles. The highest BCUT2D eigenvalue weighted by Crippen LogP contribution is 2.31. The van der Waals surface area contributed by atoms with Gasteiger partial charge < -0.3 is 9.72 Å². The molecule has 0 radical (unpaired) electrons. The highest BCUT2D eigenvalue weighted by atomic mass is 35.5. The number of H-pyrrole nitrogens is 1. The Kier molecular flexibility index (Phi) is 5.75. The van der Waals surface area contributed by atoms with Gasteiger partial charge >= 0.3 is 5.97 Å². The van der Waals surface area contributed by atoms with Crippen molar-refractivity contribution in [2.75, 3.05) is 6.61 Å². The number of halogens is 1. The number of ether oxygens (including phenoxy) is 1. The Morgan fingerprint density at radius 2 is 1.94 bits per heavy atom. The predicted octanol–water partition coefficient (Wildman–Crippen LogP) is 4.24. The first kappa shape index (κ1) is 22.4. The second-order valence-electron chi connectivity index (χ2n) is 8.06. The zero-order chi connectivity index (χ0) is 24.0. The van der Waals surface area contributed by atoms with Crippen LogP contribution in [0, 0.1) is 6.92 Å². The summed E-state index contributed by atoms with van der Waals surface area (Å²) in [6, 6.07) is 14.5. The molecule has 0 amide bonds. The maximum atomic E-state index is 13.7. The monoisotopic (exact) mass is 491 g/mol. The van der Waals surface area contributed by atoms with Gasteiger partial charge in [0, 0.05) is 27.2 Å². The van der Waals surface area contributed by atoms with Crippen molar-refractivity contribution in [1.29, 1.82) is 0 Å². The van der Waals surface area contributed by atoms with Crippen LogP contribution in [0.25, 0.3) is 17.0 Å². The summed E-state index contributed by atoms with van der Waals surface area (Å²) in [6.07, 6.45) is 1.90. The first-order valence-corrected chi connectivity index (χ1v) is 12.1. The molecule has 2 aromatic carbocycles. The number of hydrogen-bond acceptors (Lipinski definition) is 5. The lowest BCUT2D eigenvalue weighted by molar-refractivity contribution is -0.139. The number of para-hydroxylation sites is 1. The van der Waals surface area contributed by atoms with Crippen molar-refractivity contribution in [1.82, 2.24) is 9.55 Å². The number of aromatic amines is 1. The van der Waals surface area contributed by atoms with E-state index in [9.17, 15) is 9.59 Å². The lowest BCUT2D eigenvalue weighted by Gasteiger charge is -2.24. The molecular formula is C26H22ClN3O3S. The molecule has 0 aliphatic carbocycles. The Hall–Kier alpha value is -3.42. The molecule has 34 heavy (non-hydrogen) atoms. The predicted molar refractivity (Wildman–Crippen MR) is 135 cm³/mol. The van der Waals surface area contributed by atoms with Crippen molar-refractivity contribution in [3.8, 4) is 0 Å². The quantitative estimate of drug-likeness (QED) is 0.434. The van der Waals surface area contributed by atoms with Crippen LogP contribution < -0.4 is 14.9 Å². The number of thiazole rings is 1. The molecule has 2 aromatic heterocycles. The molecule has 1 aliphatic heterocycles. The molecular weight excluding hydrogens is 470 g/mol. The topological polar surface area (TPSA) is 76.4 Å². The second kappa shape index (κ2) is 8.74. The first-order chi connectivity index (χ1) is 16.4. The van der Waals surface area contributed by atoms with Gasteiger partial charge in [0.2, 0.25) is 0 Å². The van der Waals surface area contributed by atoms with E-state index in [2.05, 4.69) is 9.98 Å². The van der Waals surface area contributed by atoms with Crippen LogP contribution in [0.1, 0.15) is 36.7 Å². The molecule has 172 valence electrons. The third-order valence-corrected chi connectivity index (χ3v) is 7.16. The maximum Gasteiger partial charge on any atom is 0.338 e. The van der Waals surface area contributed by atoms with Gasteiger partial charge in [0.1, 0.15) is 0 Å². The summed E-state index contributed by atoms with van der Waals surface area (Å²) < 4.78 is 7.46. The number of carbonyl (C=O) groups is 1. The molecule has 1 aliphatic rings. The van der Waals surface area contributed by atoms with E-state index in [1.165, 1.54) is 11.3 Å². The summed E-state index contributed by atoms with van der Waals surface area (Å²) in [5.74, 6) is -0.481. The van der Waals surface area contributed by atoms with E-state index in [0.717, 1.165) is 27.7 Å². The van der Waals surface area contributed by atoms with E-state index in [4.69, 9.17) is 16.3 Å². The number of nitrogens with one attached hydrogen (secondary N) is 1. The lowest BCUT2D eigenvalue weighted by Crippen LogP contribution is -2.39. The number of hydrogen-bond donors (Lipinski definition) is 1. The van der Waals surface area contributed by atoms with Gasteiger partial charge in [-0.2, -0.15) is 0 Å². The van der Waals surface area contributed by atoms with Gasteiger partial charge in [0.15, 0.2) is 4.80 Å². The summed E-state index contributed by atoms with van der Waals surface area (Å²) in [6.45, 7) is 5.75. The highest BCUT2D eigenvalue weighted by Gasteiger charge is 2.33. The molecule has 1 unspecified atom stereocenters. The van der Waals surface area contributed by atoms with E-state index < -0.39 is 12.0 Å². The number of fused-ring (bicyclic) bond motifs is 2. The number of aryl methyl sites for hydroxylation is 1. The normalized spacial score (nSPS) is 16.0. The Morgan fingerprint density at radius 1 is 1.21 bits per heavy atom. The standard InChI is InChI=1S/C26H22ClN3O3S/c1-4-33-25(32)22-15(3)29-26-30(23(22)16-9-11-17(27)12-10-16)24(31)21(34-26)13-19-14(2)28-20-8-6-5-7-18(19)20/h5-13,23,28H,4H2,1-3H3/b21-13+. The molecule has 6 nitrogen and oxygen atoms in total.